The van der Waals surface area contributed by atoms with Crippen LogP contribution in [0.1, 0.15) is 37.1 Å². The van der Waals surface area contributed by atoms with Gasteiger partial charge in [-0.2, -0.15) is 0 Å². The number of nitrogens with one attached hydrogen (secondary N) is 1. The molecule has 6 heteroatoms. The lowest BCUT2D eigenvalue weighted by atomic mass is 10.0. The van der Waals surface area contributed by atoms with Crippen LogP contribution in [0.2, 0.25) is 8.67 Å². The maximum absolute atomic E-state index is 13.7. The Morgan fingerprint density at radius 2 is 1.70 bits per heavy atom. The second kappa shape index (κ2) is 6.39. The quantitative estimate of drug-likeness (QED) is 0.750. The van der Waals surface area contributed by atoms with E-state index in [0.717, 1.165) is 5.56 Å². The Morgan fingerprint density at radius 3 is 2.20 bits per heavy atom. The first-order valence-electron chi connectivity index (χ1n) is 6.04. The molecule has 0 fully saturated rings. The Balaban J connectivity index is 2.19. The normalized spacial score (nSPS) is 14.3. The van der Waals surface area contributed by atoms with Crippen molar-refractivity contribution in [3.05, 3.63) is 55.7 Å². The summed E-state index contributed by atoms with van der Waals surface area (Å²) >= 11 is 13.2. The van der Waals surface area contributed by atoms with E-state index in [1.165, 1.54) is 29.5 Å². The van der Waals surface area contributed by atoms with Crippen molar-refractivity contribution >= 4 is 34.5 Å². The van der Waals surface area contributed by atoms with Gasteiger partial charge in [0.2, 0.25) is 0 Å². The zero-order valence-corrected chi connectivity index (χ0v) is 13.2. The summed E-state index contributed by atoms with van der Waals surface area (Å²) in [6.07, 6.45) is 0. The molecule has 1 aromatic carbocycles. The summed E-state index contributed by atoms with van der Waals surface area (Å²) in [7, 11) is 0. The van der Waals surface area contributed by atoms with E-state index in [-0.39, 0.29) is 11.6 Å². The average Bonchev–Trinajstić information content (AvgIpc) is 2.68. The van der Waals surface area contributed by atoms with Gasteiger partial charge in [-0.05, 0) is 37.6 Å². The van der Waals surface area contributed by atoms with Crippen molar-refractivity contribution < 1.29 is 8.78 Å². The van der Waals surface area contributed by atoms with Crippen molar-refractivity contribution in [2.75, 3.05) is 0 Å². The zero-order valence-electron chi connectivity index (χ0n) is 10.9. The monoisotopic (exact) mass is 335 g/mol. The number of hydrogen-bond acceptors (Lipinski definition) is 2. The minimum atomic E-state index is -0.563. The number of halogens is 4. The highest BCUT2D eigenvalue weighted by molar-refractivity contribution is 7.20. The van der Waals surface area contributed by atoms with Crippen LogP contribution in [0.15, 0.2) is 24.3 Å². The van der Waals surface area contributed by atoms with E-state index >= 15 is 0 Å². The lowest BCUT2D eigenvalue weighted by Crippen LogP contribution is -2.24. The summed E-state index contributed by atoms with van der Waals surface area (Å²) in [6, 6.07) is 4.95. The highest BCUT2D eigenvalue weighted by Gasteiger charge is 2.20. The van der Waals surface area contributed by atoms with Crippen LogP contribution in [0.25, 0.3) is 0 Å². The maximum Gasteiger partial charge on any atom is 0.130 e. The molecule has 2 unspecified atom stereocenters. The smallest absolute Gasteiger partial charge is 0.130 e. The fourth-order valence-electron chi connectivity index (χ4n) is 2.12. The molecule has 2 rings (SSSR count). The van der Waals surface area contributed by atoms with E-state index in [2.05, 4.69) is 5.32 Å². The van der Waals surface area contributed by atoms with Crippen molar-refractivity contribution in [1.82, 2.24) is 5.32 Å². The Bertz CT molecular complexity index is 595. The van der Waals surface area contributed by atoms with Gasteiger partial charge in [-0.25, -0.2) is 8.78 Å². The SMILES string of the molecule is CC(NC(C)c1c(F)cccc1F)c1cc(Cl)sc1Cl. The summed E-state index contributed by atoms with van der Waals surface area (Å²) in [5.74, 6) is -1.13. The third-order valence-corrected chi connectivity index (χ3v) is 4.60. The standard InChI is InChI=1S/C14H13Cl2F2NS/c1-7(9-6-12(15)20-14(9)16)19-8(2)13-10(17)4-3-5-11(13)18/h3-8,19H,1-2H3. The van der Waals surface area contributed by atoms with E-state index < -0.39 is 17.7 Å². The van der Waals surface area contributed by atoms with E-state index in [9.17, 15) is 8.78 Å². The molecule has 20 heavy (non-hydrogen) atoms. The molecule has 108 valence electrons. The third-order valence-electron chi connectivity index (χ3n) is 3.08. The van der Waals surface area contributed by atoms with Crippen LogP contribution in [0.5, 0.6) is 0 Å². The van der Waals surface area contributed by atoms with Crippen LogP contribution in [0.3, 0.4) is 0 Å². The number of hydrogen-bond donors (Lipinski definition) is 1. The van der Waals surface area contributed by atoms with Crippen LogP contribution in [-0.2, 0) is 0 Å². The minimum Gasteiger partial charge on any atom is -0.303 e. The maximum atomic E-state index is 13.7. The fourth-order valence-corrected chi connectivity index (χ4v) is 3.77. The topological polar surface area (TPSA) is 12.0 Å². The van der Waals surface area contributed by atoms with Crippen molar-refractivity contribution in [2.24, 2.45) is 0 Å². The second-order valence-corrected chi connectivity index (χ2v) is 6.81. The summed E-state index contributed by atoms with van der Waals surface area (Å²) < 4.78 is 28.6. The van der Waals surface area contributed by atoms with E-state index in [0.29, 0.717) is 8.67 Å². The molecule has 0 amide bonds. The van der Waals surface area contributed by atoms with Gasteiger partial charge in [0.1, 0.15) is 11.6 Å². The lowest BCUT2D eigenvalue weighted by Gasteiger charge is -2.21. The van der Waals surface area contributed by atoms with Gasteiger partial charge in [0.25, 0.3) is 0 Å². The predicted molar refractivity (Wildman–Crippen MR) is 80.7 cm³/mol. The van der Waals surface area contributed by atoms with Gasteiger partial charge in [0.15, 0.2) is 0 Å². The molecule has 2 atom stereocenters. The summed E-state index contributed by atoms with van der Waals surface area (Å²) in [5.41, 5.74) is 0.849. The van der Waals surface area contributed by atoms with Gasteiger partial charge in [-0.3, -0.25) is 0 Å². The number of thiophene rings is 1. The van der Waals surface area contributed by atoms with E-state index in [1.54, 1.807) is 13.0 Å². The molecule has 0 saturated carbocycles. The fraction of sp³-hybridized carbons (Fsp3) is 0.286. The van der Waals surface area contributed by atoms with Crippen molar-refractivity contribution in [3.63, 3.8) is 0 Å². The van der Waals surface area contributed by atoms with Crippen LogP contribution in [0, 0.1) is 11.6 Å². The Kier molecular flexibility index (Phi) is 5.02. The molecule has 1 nitrogen and oxygen atoms in total. The molecule has 0 radical (unpaired) electrons. The van der Waals surface area contributed by atoms with Crippen molar-refractivity contribution in [1.29, 1.82) is 0 Å². The largest absolute Gasteiger partial charge is 0.303 e. The van der Waals surface area contributed by atoms with Gasteiger partial charge >= 0.3 is 0 Å². The Hall–Kier alpha value is -0.680. The molecule has 1 aromatic heterocycles. The van der Waals surface area contributed by atoms with Gasteiger partial charge in [0.05, 0.1) is 8.67 Å². The van der Waals surface area contributed by atoms with Crippen LogP contribution in [-0.4, -0.2) is 0 Å². The van der Waals surface area contributed by atoms with Gasteiger partial charge in [-0.15, -0.1) is 11.3 Å². The predicted octanol–water partition coefficient (Wildman–Crippen LogP) is 5.74. The summed E-state index contributed by atoms with van der Waals surface area (Å²) in [4.78, 5) is 0. The first-order valence-corrected chi connectivity index (χ1v) is 7.62. The van der Waals surface area contributed by atoms with Crippen LogP contribution >= 0.6 is 34.5 Å². The second-order valence-electron chi connectivity index (χ2n) is 4.52. The molecule has 2 aromatic rings. The summed E-state index contributed by atoms with van der Waals surface area (Å²) in [6.45, 7) is 3.58. The Labute approximate surface area is 130 Å². The van der Waals surface area contributed by atoms with Gasteiger partial charge in [-0.1, -0.05) is 29.3 Å². The van der Waals surface area contributed by atoms with Crippen LogP contribution in [0.4, 0.5) is 8.78 Å². The lowest BCUT2D eigenvalue weighted by molar-refractivity contribution is 0.450. The molecule has 1 N–H and O–H groups in total. The molecule has 0 spiro atoms. The van der Waals surface area contributed by atoms with Gasteiger partial charge in [0, 0.05) is 17.6 Å². The highest BCUT2D eigenvalue weighted by Crippen LogP contribution is 2.35. The molecular weight excluding hydrogens is 323 g/mol. The highest BCUT2D eigenvalue weighted by atomic mass is 35.5. The third kappa shape index (κ3) is 3.31. The minimum absolute atomic E-state index is 0.0248. The van der Waals surface area contributed by atoms with Crippen molar-refractivity contribution in [3.8, 4) is 0 Å². The van der Waals surface area contributed by atoms with Crippen molar-refractivity contribution in [2.45, 2.75) is 25.9 Å². The number of benzene rings is 1. The summed E-state index contributed by atoms with van der Waals surface area (Å²) in [5, 5.41) is 3.13. The molecular formula is C14H13Cl2F2NS. The first-order chi connectivity index (χ1) is 9.40. The van der Waals surface area contributed by atoms with E-state index in [4.69, 9.17) is 23.2 Å². The molecule has 0 saturated heterocycles. The molecule has 0 aliphatic carbocycles. The molecule has 0 aliphatic rings. The molecule has 0 aliphatic heterocycles. The van der Waals surface area contributed by atoms with Gasteiger partial charge < -0.3 is 5.32 Å². The molecule has 1 heterocycles. The molecule has 0 bridgehead atoms. The Morgan fingerprint density at radius 1 is 1.10 bits per heavy atom. The first kappa shape index (κ1) is 15.7. The van der Waals surface area contributed by atoms with E-state index in [1.807, 2.05) is 6.92 Å². The number of rotatable bonds is 4. The average molecular weight is 336 g/mol. The van der Waals surface area contributed by atoms with Crippen LogP contribution < -0.4 is 5.32 Å². The zero-order chi connectivity index (χ0) is 14.9.